The highest BCUT2D eigenvalue weighted by atomic mass is 35.5. The first-order valence-corrected chi connectivity index (χ1v) is 12.7. The maximum Gasteiger partial charge on any atom is 0.332 e. The van der Waals surface area contributed by atoms with Gasteiger partial charge in [-0.15, -0.1) is 0 Å². The van der Waals surface area contributed by atoms with Gasteiger partial charge in [0, 0.05) is 62.4 Å². The van der Waals surface area contributed by atoms with E-state index in [1.165, 1.54) is 28.4 Å². The zero-order chi connectivity index (χ0) is 27.7. The van der Waals surface area contributed by atoms with Gasteiger partial charge in [0.15, 0.2) is 0 Å². The number of pyridine rings is 1. The van der Waals surface area contributed by atoms with E-state index in [4.69, 9.17) is 16.3 Å². The largest absolute Gasteiger partial charge is 0.507 e. The summed E-state index contributed by atoms with van der Waals surface area (Å²) in [5, 5.41) is 14.8. The molecule has 1 fully saturated rings. The Labute approximate surface area is 229 Å². The Morgan fingerprint density at radius 3 is 2.59 bits per heavy atom. The molecule has 2 N–H and O–H groups in total. The van der Waals surface area contributed by atoms with Crippen molar-refractivity contribution in [2.24, 2.45) is 7.05 Å². The zero-order valence-corrected chi connectivity index (χ0v) is 22.2. The molecule has 2 aromatic carbocycles. The van der Waals surface area contributed by atoms with Crippen LogP contribution in [-0.2, 0) is 16.6 Å². The van der Waals surface area contributed by atoms with Crippen LogP contribution < -0.4 is 15.9 Å². The minimum Gasteiger partial charge on any atom is -0.507 e. The molecule has 1 atom stereocenters. The quantitative estimate of drug-likeness (QED) is 0.352. The third kappa shape index (κ3) is 5.39. The van der Waals surface area contributed by atoms with Gasteiger partial charge in [0.05, 0.1) is 24.2 Å². The van der Waals surface area contributed by atoms with Crippen LogP contribution in [0, 0.1) is 5.82 Å². The highest BCUT2D eigenvalue weighted by Gasteiger charge is 2.24. The van der Waals surface area contributed by atoms with Crippen LogP contribution in [0.5, 0.6) is 5.75 Å². The Kier molecular flexibility index (Phi) is 7.40. The van der Waals surface area contributed by atoms with Crippen LogP contribution in [-0.4, -0.2) is 58.0 Å². The van der Waals surface area contributed by atoms with E-state index < -0.39 is 5.82 Å². The molecule has 0 saturated carbocycles. The normalized spacial score (nSPS) is 15.4. The molecule has 1 unspecified atom stereocenters. The maximum atomic E-state index is 14.9. The molecule has 0 spiro atoms. The highest BCUT2D eigenvalue weighted by Crippen LogP contribution is 2.41. The molecule has 5 rings (SSSR count). The predicted octanol–water partition coefficient (Wildman–Crippen LogP) is 3.74. The van der Waals surface area contributed by atoms with Gasteiger partial charge in [-0.1, -0.05) is 17.7 Å². The molecule has 2 aromatic heterocycles. The average molecular weight is 552 g/mol. The number of halogens is 2. The average Bonchev–Trinajstić information content (AvgIpc) is 3.27. The number of piperazine rings is 1. The van der Waals surface area contributed by atoms with Gasteiger partial charge in [-0.05, 0) is 47.5 Å². The van der Waals surface area contributed by atoms with Crippen molar-refractivity contribution < 1.29 is 19.0 Å². The molecule has 4 aromatic rings. The van der Waals surface area contributed by atoms with Gasteiger partial charge in [0.1, 0.15) is 17.4 Å². The Bertz CT molecular complexity index is 1600. The summed E-state index contributed by atoms with van der Waals surface area (Å²) >= 11 is 6.51. The summed E-state index contributed by atoms with van der Waals surface area (Å²) in [6, 6.07) is 10.8. The van der Waals surface area contributed by atoms with Gasteiger partial charge in [0.25, 0.3) is 0 Å². The lowest BCUT2D eigenvalue weighted by Gasteiger charge is -2.34. The van der Waals surface area contributed by atoms with Crippen molar-refractivity contribution in [3.8, 4) is 33.7 Å². The van der Waals surface area contributed by atoms with Crippen molar-refractivity contribution in [2.45, 2.75) is 12.5 Å². The zero-order valence-electron chi connectivity index (χ0n) is 21.4. The van der Waals surface area contributed by atoms with Gasteiger partial charge >= 0.3 is 11.7 Å². The lowest BCUT2D eigenvalue weighted by Crippen LogP contribution is -2.51. The van der Waals surface area contributed by atoms with Gasteiger partial charge in [0.2, 0.25) is 0 Å². The number of rotatable bonds is 6. The second-order valence-electron chi connectivity index (χ2n) is 9.36. The third-order valence-electron chi connectivity index (χ3n) is 6.82. The van der Waals surface area contributed by atoms with Crippen molar-refractivity contribution in [3.63, 3.8) is 0 Å². The van der Waals surface area contributed by atoms with E-state index in [1.807, 2.05) is 4.90 Å². The molecule has 0 bridgehead atoms. The number of carbonyl (C=O) groups excluding carboxylic acids is 1. The number of imidazole rings is 1. The minimum atomic E-state index is -0.532. The number of nitrogens with one attached hydrogen (secondary N) is 1. The summed E-state index contributed by atoms with van der Waals surface area (Å²) in [4.78, 5) is 30.6. The van der Waals surface area contributed by atoms with Gasteiger partial charge in [-0.3, -0.25) is 9.36 Å². The van der Waals surface area contributed by atoms with E-state index in [2.05, 4.69) is 10.3 Å². The number of hydrogen-bond donors (Lipinski definition) is 2. The van der Waals surface area contributed by atoms with E-state index in [1.54, 1.807) is 56.0 Å². The fourth-order valence-corrected chi connectivity index (χ4v) is 5.04. The lowest BCUT2D eigenvalue weighted by atomic mass is 9.97. The predicted molar refractivity (Wildman–Crippen MR) is 147 cm³/mol. The second kappa shape index (κ2) is 10.9. The Hall–Kier alpha value is -4.15. The van der Waals surface area contributed by atoms with E-state index in [9.17, 15) is 19.1 Å². The molecule has 0 radical (unpaired) electrons. The van der Waals surface area contributed by atoms with Crippen molar-refractivity contribution in [1.29, 1.82) is 0 Å². The van der Waals surface area contributed by atoms with Crippen LogP contribution in [0.4, 0.5) is 10.2 Å². The lowest BCUT2D eigenvalue weighted by molar-refractivity contribution is -0.141. The summed E-state index contributed by atoms with van der Waals surface area (Å²) in [6.07, 6.45) is 5.08. The SMILES string of the molecule is COC(=O)CC1CN(c2cc(-c3cc(F)cc(-c4ccc(-n5ccn(C)c5=O)c(Cl)c4)c3O)ccn2)CCN1. The Morgan fingerprint density at radius 1 is 1.18 bits per heavy atom. The molecule has 1 aliphatic heterocycles. The molecule has 1 aliphatic rings. The second-order valence-corrected chi connectivity index (χ2v) is 9.76. The molecule has 1 saturated heterocycles. The fourth-order valence-electron chi connectivity index (χ4n) is 4.77. The number of phenols is 1. The van der Waals surface area contributed by atoms with Crippen LogP contribution in [0.15, 0.2) is 65.8 Å². The molecule has 3 heterocycles. The van der Waals surface area contributed by atoms with Crippen LogP contribution in [0.3, 0.4) is 0 Å². The number of nitrogens with zero attached hydrogens (tertiary/aromatic N) is 4. The minimum absolute atomic E-state index is 0.0923. The number of aryl methyl sites for hydroxylation is 1. The van der Waals surface area contributed by atoms with Crippen LogP contribution in [0.25, 0.3) is 27.9 Å². The molecule has 0 amide bonds. The molecule has 11 heteroatoms. The first-order chi connectivity index (χ1) is 18.7. The number of aromatic hydroxyl groups is 1. The van der Waals surface area contributed by atoms with E-state index >= 15 is 0 Å². The van der Waals surface area contributed by atoms with Crippen molar-refractivity contribution in [3.05, 3.63) is 82.4 Å². The fraction of sp³-hybridized carbons (Fsp3) is 0.250. The number of methoxy groups -OCH3 is 1. The molecule has 9 nitrogen and oxygen atoms in total. The van der Waals surface area contributed by atoms with Crippen molar-refractivity contribution >= 4 is 23.4 Å². The maximum absolute atomic E-state index is 14.9. The number of anilines is 1. The summed E-state index contributed by atoms with van der Waals surface area (Å²) in [6.45, 7) is 1.87. The molecular formula is C28H27ClFN5O4. The summed E-state index contributed by atoms with van der Waals surface area (Å²) in [5.41, 5.74) is 1.86. The van der Waals surface area contributed by atoms with Crippen molar-refractivity contribution in [1.82, 2.24) is 19.4 Å². The first kappa shape index (κ1) is 26.5. The number of carbonyl (C=O) groups is 1. The molecule has 202 valence electrons. The summed E-state index contributed by atoms with van der Waals surface area (Å²) in [5.74, 6) is -0.291. The smallest absolute Gasteiger partial charge is 0.332 e. The topological polar surface area (TPSA) is 102 Å². The van der Waals surface area contributed by atoms with E-state index in [-0.39, 0.29) is 40.5 Å². The number of phenolic OH excluding ortho intramolecular Hbond substituents is 1. The monoisotopic (exact) mass is 551 g/mol. The number of esters is 1. The Morgan fingerprint density at radius 2 is 1.92 bits per heavy atom. The van der Waals surface area contributed by atoms with Crippen LogP contribution >= 0.6 is 11.6 Å². The number of benzene rings is 2. The molecule has 0 aliphatic carbocycles. The van der Waals surface area contributed by atoms with E-state index in [0.717, 1.165) is 0 Å². The van der Waals surface area contributed by atoms with E-state index in [0.29, 0.717) is 47.8 Å². The van der Waals surface area contributed by atoms with Gasteiger partial charge in [-0.2, -0.15) is 0 Å². The molecular weight excluding hydrogens is 525 g/mol. The highest BCUT2D eigenvalue weighted by molar-refractivity contribution is 6.32. The number of ether oxygens (including phenoxy) is 1. The summed E-state index contributed by atoms with van der Waals surface area (Å²) in [7, 11) is 3.00. The van der Waals surface area contributed by atoms with Crippen LogP contribution in [0.2, 0.25) is 5.02 Å². The number of aromatic nitrogens is 3. The number of hydrogen-bond acceptors (Lipinski definition) is 7. The summed E-state index contributed by atoms with van der Waals surface area (Å²) < 4.78 is 22.5. The third-order valence-corrected chi connectivity index (χ3v) is 7.12. The Balaban J connectivity index is 1.47. The van der Waals surface area contributed by atoms with Crippen LogP contribution in [0.1, 0.15) is 6.42 Å². The first-order valence-electron chi connectivity index (χ1n) is 12.3. The van der Waals surface area contributed by atoms with Gasteiger partial charge < -0.3 is 24.6 Å². The van der Waals surface area contributed by atoms with Crippen molar-refractivity contribution in [2.75, 3.05) is 31.6 Å². The standard InChI is InChI=1S/C28H27ClFN5O4/c1-33-9-10-35(28(33)38)24-4-3-17(11-23(24)29)21-13-19(30)14-22(27(21)37)18-5-6-32-25(12-18)34-8-7-31-20(16-34)15-26(36)39-2/h3-6,9-14,20,31,37H,7-8,15-16H2,1-2H3. The van der Waals surface area contributed by atoms with Gasteiger partial charge in [-0.25, -0.2) is 14.2 Å². The molecule has 39 heavy (non-hydrogen) atoms.